The highest BCUT2D eigenvalue weighted by molar-refractivity contribution is 6.30. The molecule has 0 unspecified atom stereocenters. The van der Waals surface area contributed by atoms with Crippen molar-refractivity contribution in [2.24, 2.45) is 0 Å². The lowest BCUT2D eigenvalue weighted by molar-refractivity contribution is -0.231. The van der Waals surface area contributed by atoms with Crippen molar-refractivity contribution in [2.45, 2.75) is 30.5 Å². The summed E-state index contributed by atoms with van der Waals surface area (Å²) in [5, 5.41) is 38.7. The zero-order chi connectivity index (χ0) is 13.3. The van der Waals surface area contributed by atoms with E-state index < -0.39 is 37.1 Å². The highest BCUT2D eigenvalue weighted by atomic mass is 35.5. The van der Waals surface area contributed by atoms with E-state index in [2.05, 4.69) is 6.07 Å². The van der Waals surface area contributed by atoms with E-state index in [4.69, 9.17) is 21.4 Å². The monoisotopic (exact) mass is 273 g/mol. The summed E-state index contributed by atoms with van der Waals surface area (Å²) in [4.78, 5) is 0. The molecule has 1 heterocycles. The summed E-state index contributed by atoms with van der Waals surface area (Å²) in [5.41, 5.74) is 0.566. The lowest BCUT2D eigenvalue weighted by Crippen LogP contribution is -2.55. The van der Waals surface area contributed by atoms with Crippen LogP contribution in [0.5, 0.6) is 0 Å². The fourth-order valence-corrected chi connectivity index (χ4v) is 2.09. The van der Waals surface area contributed by atoms with Gasteiger partial charge in [-0.05, 0) is 17.7 Å². The van der Waals surface area contributed by atoms with E-state index in [1.165, 1.54) is 6.07 Å². The molecule has 0 bridgehead atoms. The summed E-state index contributed by atoms with van der Waals surface area (Å²) in [7, 11) is 0. The van der Waals surface area contributed by atoms with Crippen molar-refractivity contribution in [3.05, 3.63) is 34.9 Å². The third-order valence-electron chi connectivity index (χ3n) is 3.02. The van der Waals surface area contributed by atoms with Crippen LogP contribution in [-0.2, 0) is 4.74 Å². The second kappa shape index (κ2) is 5.52. The Labute approximate surface area is 109 Å². The van der Waals surface area contributed by atoms with Crippen molar-refractivity contribution in [1.29, 1.82) is 0 Å². The number of rotatable bonds is 2. The number of aliphatic hydroxyl groups excluding tert-OH is 4. The van der Waals surface area contributed by atoms with Gasteiger partial charge in [0.2, 0.25) is 0 Å². The van der Waals surface area contributed by atoms with Gasteiger partial charge in [0.25, 0.3) is 0 Å². The number of hydrogen-bond donors (Lipinski definition) is 4. The molecule has 2 rings (SSSR count). The highest BCUT2D eigenvalue weighted by Crippen LogP contribution is 2.32. The summed E-state index contributed by atoms with van der Waals surface area (Å²) in [6.45, 7) is -0.446. The summed E-state index contributed by atoms with van der Waals surface area (Å²) in [5.74, 6) is 0. The van der Waals surface area contributed by atoms with Gasteiger partial charge in [-0.1, -0.05) is 17.7 Å². The molecule has 99 valence electrons. The summed E-state index contributed by atoms with van der Waals surface area (Å²) in [6, 6.07) is 7.49. The van der Waals surface area contributed by atoms with E-state index in [-0.39, 0.29) is 0 Å². The second-order valence-electron chi connectivity index (χ2n) is 4.22. The lowest BCUT2D eigenvalue weighted by Gasteiger charge is -2.40. The average molecular weight is 274 g/mol. The Morgan fingerprint density at radius 2 is 1.89 bits per heavy atom. The molecule has 6 heteroatoms. The van der Waals surface area contributed by atoms with Crippen LogP contribution in [0.4, 0.5) is 0 Å². The molecule has 1 aliphatic heterocycles. The van der Waals surface area contributed by atoms with Gasteiger partial charge in [-0.3, -0.25) is 0 Å². The van der Waals surface area contributed by atoms with Crippen molar-refractivity contribution in [1.82, 2.24) is 0 Å². The van der Waals surface area contributed by atoms with Gasteiger partial charge >= 0.3 is 0 Å². The minimum absolute atomic E-state index is 0.420. The first kappa shape index (κ1) is 13.7. The van der Waals surface area contributed by atoms with Gasteiger partial charge in [0.15, 0.2) is 0 Å². The van der Waals surface area contributed by atoms with Crippen LogP contribution in [0.25, 0.3) is 0 Å². The minimum Gasteiger partial charge on any atom is -0.394 e. The van der Waals surface area contributed by atoms with Crippen LogP contribution in [0.15, 0.2) is 18.2 Å². The van der Waals surface area contributed by atoms with Crippen LogP contribution in [-0.4, -0.2) is 51.4 Å². The molecule has 1 aliphatic rings. The van der Waals surface area contributed by atoms with Crippen molar-refractivity contribution >= 4 is 11.6 Å². The number of halogens is 1. The Hall–Kier alpha value is -0.690. The normalized spacial score (nSPS) is 36.6. The zero-order valence-corrected chi connectivity index (χ0v) is 10.2. The average Bonchev–Trinajstić information content (AvgIpc) is 2.38. The third-order valence-corrected chi connectivity index (χ3v) is 3.25. The Balaban J connectivity index is 2.24. The number of hydrogen-bond acceptors (Lipinski definition) is 5. The predicted molar refractivity (Wildman–Crippen MR) is 63.0 cm³/mol. The molecule has 1 aromatic carbocycles. The number of benzene rings is 1. The fraction of sp³-hybridized carbons (Fsp3) is 0.500. The topological polar surface area (TPSA) is 90.2 Å². The molecule has 5 atom stereocenters. The maximum Gasteiger partial charge on any atom is 0.113 e. The summed E-state index contributed by atoms with van der Waals surface area (Å²) < 4.78 is 5.38. The van der Waals surface area contributed by atoms with Gasteiger partial charge in [0.1, 0.15) is 30.5 Å². The largest absolute Gasteiger partial charge is 0.394 e. The van der Waals surface area contributed by atoms with Crippen molar-refractivity contribution in [3.8, 4) is 0 Å². The van der Waals surface area contributed by atoms with Gasteiger partial charge in [-0.15, -0.1) is 0 Å². The summed E-state index contributed by atoms with van der Waals surface area (Å²) in [6.07, 6.45) is -5.76. The molecule has 1 aromatic rings. The second-order valence-corrected chi connectivity index (χ2v) is 4.63. The molecule has 0 amide bonds. The third kappa shape index (κ3) is 2.51. The van der Waals surface area contributed by atoms with E-state index in [1.807, 2.05) is 0 Å². The molecular formula is C12H14ClO5. The molecule has 1 saturated heterocycles. The van der Waals surface area contributed by atoms with E-state index >= 15 is 0 Å². The Bertz CT molecular complexity index is 394. The molecule has 0 aromatic heterocycles. The first-order valence-corrected chi connectivity index (χ1v) is 5.90. The zero-order valence-electron chi connectivity index (χ0n) is 9.40. The Morgan fingerprint density at radius 1 is 1.17 bits per heavy atom. The molecule has 5 nitrogen and oxygen atoms in total. The molecule has 0 aliphatic carbocycles. The van der Waals surface area contributed by atoms with Gasteiger partial charge in [0.05, 0.1) is 6.61 Å². The maximum atomic E-state index is 9.88. The van der Waals surface area contributed by atoms with E-state index in [0.29, 0.717) is 10.6 Å². The Morgan fingerprint density at radius 3 is 2.44 bits per heavy atom. The quantitative estimate of drug-likeness (QED) is 0.592. The molecule has 1 radical (unpaired) electrons. The van der Waals surface area contributed by atoms with Gasteiger partial charge in [-0.25, -0.2) is 0 Å². The fourth-order valence-electron chi connectivity index (χ4n) is 1.97. The van der Waals surface area contributed by atoms with E-state index in [1.54, 1.807) is 12.1 Å². The van der Waals surface area contributed by atoms with Crippen molar-refractivity contribution in [3.63, 3.8) is 0 Å². The standard InChI is InChI=1S/C12H14ClO5/c13-7-3-1-6(2-4-7)12-11(17)10(16)9(15)8(5-14)18-12/h1-3,8-12,14-17H,5H2/t8-,9-,10+,11-,12+/m1/s1. The van der Waals surface area contributed by atoms with Crippen molar-refractivity contribution < 1.29 is 25.2 Å². The van der Waals surface area contributed by atoms with Crippen LogP contribution in [0, 0.1) is 6.07 Å². The van der Waals surface area contributed by atoms with Crippen LogP contribution in [0.1, 0.15) is 11.7 Å². The van der Waals surface area contributed by atoms with E-state index in [9.17, 15) is 15.3 Å². The molecule has 4 N–H and O–H groups in total. The predicted octanol–water partition coefficient (Wildman–Crippen LogP) is -0.345. The van der Waals surface area contributed by atoms with Crippen LogP contribution < -0.4 is 0 Å². The number of aliphatic hydroxyl groups is 4. The van der Waals surface area contributed by atoms with Crippen LogP contribution in [0.3, 0.4) is 0 Å². The van der Waals surface area contributed by atoms with Gasteiger partial charge in [-0.2, -0.15) is 0 Å². The first-order valence-electron chi connectivity index (χ1n) is 5.52. The minimum atomic E-state index is -1.38. The van der Waals surface area contributed by atoms with Crippen LogP contribution in [0.2, 0.25) is 5.02 Å². The SMILES string of the molecule is OC[C@H]1O[C@@H](c2c[c]c(Cl)cc2)[C@H](O)[C@@H](O)[C@@H]1O. The summed E-state index contributed by atoms with van der Waals surface area (Å²) >= 11 is 5.71. The molecule has 18 heavy (non-hydrogen) atoms. The van der Waals surface area contributed by atoms with Gasteiger partial charge < -0.3 is 25.2 Å². The number of ether oxygens (including phenoxy) is 1. The molecule has 1 fully saturated rings. The smallest absolute Gasteiger partial charge is 0.113 e. The highest BCUT2D eigenvalue weighted by Gasteiger charge is 2.43. The Kier molecular flexibility index (Phi) is 4.21. The van der Waals surface area contributed by atoms with Crippen LogP contribution >= 0.6 is 11.6 Å². The molecule has 0 saturated carbocycles. The molecule has 0 spiro atoms. The van der Waals surface area contributed by atoms with Gasteiger partial charge in [0, 0.05) is 11.1 Å². The molecular weight excluding hydrogens is 260 g/mol. The first-order chi connectivity index (χ1) is 8.54. The lowest BCUT2D eigenvalue weighted by atomic mass is 9.91. The van der Waals surface area contributed by atoms with Crippen molar-refractivity contribution in [2.75, 3.05) is 6.61 Å². The maximum absolute atomic E-state index is 9.88. The van der Waals surface area contributed by atoms with E-state index in [0.717, 1.165) is 0 Å².